The van der Waals surface area contributed by atoms with E-state index in [1.807, 2.05) is 0 Å². The number of hydrogen-bond acceptors (Lipinski definition) is 4. The fourth-order valence-electron chi connectivity index (χ4n) is 2.60. The summed E-state index contributed by atoms with van der Waals surface area (Å²) in [5.74, 6) is 2.02. The van der Waals surface area contributed by atoms with E-state index in [0.29, 0.717) is 28.3 Å². The fraction of sp³-hybridized carbons (Fsp3) is 0.571. The van der Waals surface area contributed by atoms with Gasteiger partial charge in [0, 0.05) is 17.7 Å². The third-order valence-electron chi connectivity index (χ3n) is 3.49. The standard InChI is InChI=1S/C14H20ClNO3/c1-17-12-8-11(15)13(18-2)10(14(12)19-3)7-9-5-4-6-16-9/h8-9,16H,4-7H2,1-3H3. The van der Waals surface area contributed by atoms with Gasteiger partial charge in [0.25, 0.3) is 0 Å². The lowest BCUT2D eigenvalue weighted by molar-refractivity contribution is 0.341. The van der Waals surface area contributed by atoms with E-state index in [0.717, 1.165) is 24.9 Å². The van der Waals surface area contributed by atoms with Crippen LogP contribution in [0.4, 0.5) is 0 Å². The molecule has 0 spiro atoms. The molecule has 4 nitrogen and oxygen atoms in total. The SMILES string of the molecule is COc1cc(Cl)c(OC)c(CC2CCCN2)c1OC. The monoisotopic (exact) mass is 285 g/mol. The average molecular weight is 286 g/mol. The highest BCUT2D eigenvalue weighted by Gasteiger charge is 2.24. The van der Waals surface area contributed by atoms with Gasteiger partial charge in [0.05, 0.1) is 26.4 Å². The topological polar surface area (TPSA) is 39.7 Å². The van der Waals surface area contributed by atoms with E-state index in [4.69, 9.17) is 25.8 Å². The van der Waals surface area contributed by atoms with Crippen molar-refractivity contribution in [3.63, 3.8) is 0 Å². The Kier molecular flexibility index (Phi) is 4.77. The van der Waals surface area contributed by atoms with Gasteiger partial charge in [0.15, 0.2) is 11.5 Å². The van der Waals surface area contributed by atoms with Crippen molar-refractivity contribution in [2.45, 2.75) is 25.3 Å². The lowest BCUT2D eigenvalue weighted by atomic mass is 10.0. The van der Waals surface area contributed by atoms with E-state index in [1.54, 1.807) is 27.4 Å². The number of methoxy groups -OCH3 is 3. The molecule has 1 unspecified atom stereocenters. The molecule has 0 saturated carbocycles. The number of halogens is 1. The molecule has 2 rings (SSSR count). The quantitative estimate of drug-likeness (QED) is 0.903. The minimum Gasteiger partial charge on any atom is -0.495 e. The second kappa shape index (κ2) is 6.35. The number of benzene rings is 1. The summed E-state index contributed by atoms with van der Waals surface area (Å²) in [6.45, 7) is 1.06. The molecule has 1 heterocycles. The van der Waals surface area contributed by atoms with Crippen LogP contribution in [0.2, 0.25) is 5.02 Å². The van der Waals surface area contributed by atoms with E-state index < -0.39 is 0 Å². The summed E-state index contributed by atoms with van der Waals surface area (Å²) in [4.78, 5) is 0. The van der Waals surface area contributed by atoms with Gasteiger partial charge in [0.1, 0.15) is 5.75 Å². The normalized spacial score (nSPS) is 18.4. The van der Waals surface area contributed by atoms with Crippen LogP contribution in [-0.2, 0) is 6.42 Å². The van der Waals surface area contributed by atoms with E-state index >= 15 is 0 Å². The Bertz CT molecular complexity index is 445. The Balaban J connectivity index is 2.43. The van der Waals surface area contributed by atoms with Crippen LogP contribution >= 0.6 is 11.6 Å². The minimum atomic E-state index is 0.436. The smallest absolute Gasteiger partial charge is 0.167 e. The Morgan fingerprint density at radius 2 is 1.95 bits per heavy atom. The Hall–Kier alpha value is -1.13. The average Bonchev–Trinajstić information content (AvgIpc) is 2.91. The highest BCUT2D eigenvalue weighted by molar-refractivity contribution is 6.32. The van der Waals surface area contributed by atoms with Crippen LogP contribution < -0.4 is 19.5 Å². The second-order valence-corrected chi connectivity index (χ2v) is 5.01. The molecule has 1 fully saturated rings. The van der Waals surface area contributed by atoms with Crippen molar-refractivity contribution < 1.29 is 14.2 Å². The zero-order valence-electron chi connectivity index (χ0n) is 11.6. The Morgan fingerprint density at radius 3 is 2.47 bits per heavy atom. The van der Waals surface area contributed by atoms with Crippen molar-refractivity contribution >= 4 is 11.6 Å². The molecule has 1 N–H and O–H groups in total. The lowest BCUT2D eigenvalue weighted by Gasteiger charge is -2.20. The van der Waals surface area contributed by atoms with Crippen LogP contribution in [0.15, 0.2) is 6.07 Å². The van der Waals surface area contributed by atoms with Crippen molar-refractivity contribution in [1.82, 2.24) is 5.32 Å². The van der Waals surface area contributed by atoms with Gasteiger partial charge in [-0.2, -0.15) is 0 Å². The summed E-state index contributed by atoms with van der Waals surface area (Å²) in [5.41, 5.74) is 0.966. The van der Waals surface area contributed by atoms with Crippen molar-refractivity contribution in [3.05, 3.63) is 16.7 Å². The molecular weight excluding hydrogens is 266 g/mol. The molecule has 1 aromatic rings. The van der Waals surface area contributed by atoms with Crippen molar-refractivity contribution in [3.8, 4) is 17.2 Å². The van der Waals surface area contributed by atoms with Gasteiger partial charge in [-0.05, 0) is 25.8 Å². The van der Waals surface area contributed by atoms with Gasteiger partial charge in [-0.1, -0.05) is 11.6 Å². The molecule has 1 atom stereocenters. The van der Waals surface area contributed by atoms with Gasteiger partial charge in [-0.3, -0.25) is 0 Å². The van der Waals surface area contributed by atoms with Gasteiger partial charge >= 0.3 is 0 Å². The molecule has 19 heavy (non-hydrogen) atoms. The molecule has 0 bridgehead atoms. The highest BCUT2D eigenvalue weighted by atomic mass is 35.5. The third-order valence-corrected chi connectivity index (χ3v) is 3.77. The molecule has 1 saturated heterocycles. The maximum absolute atomic E-state index is 6.25. The van der Waals surface area contributed by atoms with E-state index in [1.165, 1.54) is 6.42 Å². The van der Waals surface area contributed by atoms with Crippen LogP contribution in [0.25, 0.3) is 0 Å². The molecule has 0 aromatic heterocycles. The molecular formula is C14H20ClNO3. The van der Waals surface area contributed by atoms with Crippen LogP contribution in [-0.4, -0.2) is 33.9 Å². The summed E-state index contributed by atoms with van der Waals surface area (Å²) >= 11 is 6.25. The first kappa shape index (κ1) is 14.3. The predicted molar refractivity (Wildman–Crippen MR) is 75.8 cm³/mol. The van der Waals surface area contributed by atoms with Crippen LogP contribution in [0, 0.1) is 0 Å². The maximum atomic E-state index is 6.25. The fourth-order valence-corrected chi connectivity index (χ4v) is 2.89. The molecule has 5 heteroatoms. The summed E-state index contributed by atoms with van der Waals surface area (Å²) in [7, 11) is 4.87. The van der Waals surface area contributed by atoms with E-state index in [9.17, 15) is 0 Å². The van der Waals surface area contributed by atoms with Gasteiger partial charge in [0.2, 0.25) is 0 Å². The zero-order valence-corrected chi connectivity index (χ0v) is 12.3. The van der Waals surface area contributed by atoms with E-state index in [-0.39, 0.29) is 0 Å². The number of ether oxygens (including phenoxy) is 3. The largest absolute Gasteiger partial charge is 0.495 e. The van der Waals surface area contributed by atoms with Gasteiger partial charge in [-0.15, -0.1) is 0 Å². The summed E-state index contributed by atoms with van der Waals surface area (Å²) < 4.78 is 16.3. The molecule has 0 amide bonds. The summed E-state index contributed by atoms with van der Waals surface area (Å²) in [6, 6.07) is 2.16. The van der Waals surface area contributed by atoms with Gasteiger partial charge < -0.3 is 19.5 Å². The number of nitrogens with one attached hydrogen (secondary N) is 1. The zero-order chi connectivity index (χ0) is 13.8. The number of rotatable bonds is 5. The first-order chi connectivity index (χ1) is 9.21. The lowest BCUT2D eigenvalue weighted by Crippen LogP contribution is -2.24. The number of hydrogen-bond donors (Lipinski definition) is 1. The van der Waals surface area contributed by atoms with Crippen LogP contribution in [0.1, 0.15) is 18.4 Å². The third kappa shape index (κ3) is 2.90. The second-order valence-electron chi connectivity index (χ2n) is 4.60. The molecule has 0 aliphatic carbocycles. The highest BCUT2D eigenvalue weighted by Crippen LogP contribution is 2.43. The maximum Gasteiger partial charge on any atom is 0.167 e. The molecule has 1 aliphatic rings. The van der Waals surface area contributed by atoms with Crippen LogP contribution in [0.5, 0.6) is 17.2 Å². The first-order valence-electron chi connectivity index (χ1n) is 6.42. The molecule has 0 radical (unpaired) electrons. The molecule has 1 aliphatic heterocycles. The molecule has 1 aromatic carbocycles. The van der Waals surface area contributed by atoms with Crippen molar-refractivity contribution in [2.75, 3.05) is 27.9 Å². The first-order valence-corrected chi connectivity index (χ1v) is 6.79. The predicted octanol–water partition coefficient (Wildman–Crippen LogP) is 2.66. The Labute approximate surface area is 119 Å². The molecule has 106 valence electrons. The minimum absolute atomic E-state index is 0.436. The summed E-state index contributed by atoms with van der Waals surface area (Å²) in [5, 5.41) is 4.02. The van der Waals surface area contributed by atoms with E-state index in [2.05, 4.69) is 5.32 Å². The van der Waals surface area contributed by atoms with Crippen molar-refractivity contribution in [2.24, 2.45) is 0 Å². The van der Waals surface area contributed by atoms with Crippen LogP contribution in [0.3, 0.4) is 0 Å². The Morgan fingerprint density at radius 1 is 1.21 bits per heavy atom. The summed E-state index contributed by atoms with van der Waals surface area (Å²) in [6.07, 6.45) is 3.18. The van der Waals surface area contributed by atoms with Crippen molar-refractivity contribution in [1.29, 1.82) is 0 Å². The van der Waals surface area contributed by atoms with Gasteiger partial charge in [-0.25, -0.2) is 0 Å².